The van der Waals surface area contributed by atoms with Gasteiger partial charge in [-0.2, -0.15) is 4.90 Å². The average Bonchev–Trinajstić information content (AvgIpc) is 2.86. The molecular weight excluding hydrogens is 554 g/mol. The van der Waals surface area contributed by atoms with Crippen LogP contribution >= 0.6 is 0 Å². The molecule has 1 atom stereocenters. The molecule has 0 spiro atoms. The summed E-state index contributed by atoms with van der Waals surface area (Å²) in [6.45, 7) is 16.1. The summed E-state index contributed by atoms with van der Waals surface area (Å²) in [7, 11) is 0. The summed E-state index contributed by atoms with van der Waals surface area (Å²) in [6, 6.07) is 10.6. The third-order valence-corrected chi connectivity index (χ3v) is 5.63. The molecule has 11 nitrogen and oxygen atoms in total. The van der Waals surface area contributed by atoms with Gasteiger partial charge in [-0.3, -0.25) is 0 Å². The fourth-order valence-electron chi connectivity index (χ4n) is 4.07. The quantitative estimate of drug-likeness (QED) is 0.259. The van der Waals surface area contributed by atoms with Crippen molar-refractivity contribution in [3.05, 3.63) is 54.2 Å². The number of rotatable bonds is 9. The number of carboxylic acid groups (broad SMARTS) is 1. The maximum absolute atomic E-state index is 13.2. The molecule has 2 amide bonds. The van der Waals surface area contributed by atoms with Crippen molar-refractivity contribution in [2.24, 2.45) is 0 Å². The van der Waals surface area contributed by atoms with Gasteiger partial charge in [-0.15, -0.1) is 0 Å². The van der Waals surface area contributed by atoms with Crippen molar-refractivity contribution >= 4 is 40.4 Å². The maximum atomic E-state index is 13.2. The normalized spacial score (nSPS) is 12.4. The van der Waals surface area contributed by atoms with Crippen LogP contribution < -0.4 is 19.7 Å². The van der Waals surface area contributed by atoms with Crippen LogP contribution in [0.2, 0.25) is 0 Å². The van der Waals surface area contributed by atoms with Crippen LogP contribution in [-0.2, 0) is 14.3 Å². The van der Waals surface area contributed by atoms with Crippen molar-refractivity contribution in [3.63, 3.8) is 0 Å². The first-order chi connectivity index (χ1) is 20.0. The number of nitrogens with one attached hydrogen (secondary N) is 1. The Labute approximate surface area is 252 Å². The number of aliphatic carboxylic acids is 1. The summed E-state index contributed by atoms with van der Waals surface area (Å²) in [5, 5.41) is 14.2. The Hall–Kier alpha value is -4.54. The van der Waals surface area contributed by atoms with E-state index in [2.05, 4.69) is 10.3 Å². The molecule has 3 rings (SSSR count). The molecular formula is C32H41N3O8. The van der Waals surface area contributed by atoms with E-state index in [1.807, 2.05) is 20.8 Å². The molecule has 1 aromatic heterocycles. The Morgan fingerprint density at radius 1 is 0.907 bits per heavy atom. The van der Waals surface area contributed by atoms with Gasteiger partial charge >= 0.3 is 18.2 Å². The molecule has 0 fully saturated rings. The van der Waals surface area contributed by atoms with E-state index < -0.39 is 35.4 Å². The van der Waals surface area contributed by atoms with Crippen LogP contribution in [-0.4, -0.2) is 52.2 Å². The number of ether oxygens (including phenoxy) is 4. The van der Waals surface area contributed by atoms with Crippen molar-refractivity contribution in [2.45, 2.75) is 85.7 Å². The number of aromatic nitrogens is 1. The number of hydrogen-bond acceptors (Lipinski definition) is 9. The first-order valence-electron chi connectivity index (χ1n) is 14.1. The van der Waals surface area contributed by atoms with E-state index in [0.717, 1.165) is 4.90 Å². The number of carbonyl (C=O) groups excluding carboxylic acids is 2. The lowest BCUT2D eigenvalue weighted by Crippen LogP contribution is -2.44. The lowest BCUT2D eigenvalue weighted by Gasteiger charge is -2.28. The minimum atomic E-state index is -1.12. The van der Waals surface area contributed by atoms with Crippen LogP contribution in [0, 0.1) is 0 Å². The molecule has 0 aliphatic carbocycles. The maximum Gasteiger partial charge on any atom is 0.425 e. The van der Waals surface area contributed by atoms with Gasteiger partial charge < -0.3 is 29.4 Å². The highest BCUT2D eigenvalue weighted by Gasteiger charge is 2.34. The van der Waals surface area contributed by atoms with Gasteiger partial charge in [0.15, 0.2) is 23.4 Å². The van der Waals surface area contributed by atoms with Gasteiger partial charge in [0.25, 0.3) is 0 Å². The fourth-order valence-corrected chi connectivity index (χ4v) is 4.07. The van der Waals surface area contributed by atoms with Gasteiger partial charge in [-0.25, -0.2) is 19.4 Å². The minimum Gasteiger partial charge on any atom is -0.490 e. The summed E-state index contributed by atoms with van der Waals surface area (Å²) in [5.41, 5.74) is -0.819. The fraction of sp³-hybridized carbons (Fsp3) is 0.438. The van der Waals surface area contributed by atoms with Gasteiger partial charge in [-0.1, -0.05) is 6.07 Å². The molecule has 2 aromatic carbocycles. The largest absolute Gasteiger partial charge is 0.490 e. The molecule has 2 N–H and O–H groups in total. The zero-order valence-electron chi connectivity index (χ0n) is 26.2. The number of pyridine rings is 1. The monoisotopic (exact) mass is 595 g/mol. The number of nitrogens with zero attached hydrogens (tertiary/aromatic N) is 2. The summed E-state index contributed by atoms with van der Waals surface area (Å²) in [6.07, 6.45) is -0.522. The van der Waals surface area contributed by atoms with Crippen molar-refractivity contribution < 1.29 is 38.4 Å². The number of anilines is 2. The summed E-state index contributed by atoms with van der Waals surface area (Å²) < 4.78 is 22.5. The lowest BCUT2D eigenvalue weighted by atomic mass is 10.0. The molecule has 0 bridgehead atoms. The van der Waals surface area contributed by atoms with Crippen LogP contribution in [0.3, 0.4) is 0 Å². The molecule has 0 aliphatic heterocycles. The van der Waals surface area contributed by atoms with Crippen molar-refractivity contribution in [2.75, 3.05) is 16.8 Å². The highest BCUT2D eigenvalue weighted by molar-refractivity contribution is 6.14. The second-order valence-corrected chi connectivity index (χ2v) is 12.1. The molecule has 11 heteroatoms. The minimum absolute atomic E-state index is 0.0180. The lowest BCUT2D eigenvalue weighted by molar-refractivity contribution is -0.138. The number of carbonyl (C=O) groups is 3. The molecule has 1 unspecified atom stereocenters. The predicted molar refractivity (Wildman–Crippen MR) is 164 cm³/mol. The standard InChI is InChI=1S/C32H41N3O8/c1-10-40-25-18-21(11-14-24(25)41-19(2)3)26(28(36)37)34-22-12-13-23-20(17-22)15-16-33-27(23)35(29(38)42-31(4,5)6)30(39)43-32(7,8)9/h11-19,26,34H,10H2,1-9H3,(H,36,37). The van der Waals surface area contributed by atoms with Gasteiger partial charge in [0.2, 0.25) is 0 Å². The van der Waals surface area contributed by atoms with E-state index in [1.54, 1.807) is 84.0 Å². The third-order valence-electron chi connectivity index (χ3n) is 5.63. The number of amides is 2. The van der Waals surface area contributed by atoms with E-state index in [9.17, 15) is 19.5 Å². The molecule has 232 valence electrons. The Kier molecular flexibility index (Phi) is 10.1. The number of carboxylic acids is 1. The topological polar surface area (TPSA) is 137 Å². The van der Waals surface area contributed by atoms with Crippen molar-refractivity contribution in [3.8, 4) is 11.5 Å². The zero-order chi connectivity index (χ0) is 32.1. The summed E-state index contributed by atoms with van der Waals surface area (Å²) in [4.78, 5) is 43.8. The smallest absolute Gasteiger partial charge is 0.425 e. The van der Waals surface area contributed by atoms with Crippen LogP contribution in [0.1, 0.15) is 73.9 Å². The highest BCUT2D eigenvalue weighted by Crippen LogP contribution is 2.34. The van der Waals surface area contributed by atoms with Gasteiger partial charge in [0.1, 0.15) is 11.2 Å². The van der Waals surface area contributed by atoms with E-state index in [4.69, 9.17) is 18.9 Å². The van der Waals surface area contributed by atoms with Gasteiger partial charge in [0, 0.05) is 17.3 Å². The second-order valence-electron chi connectivity index (χ2n) is 12.1. The van der Waals surface area contributed by atoms with Crippen LogP contribution in [0.4, 0.5) is 21.1 Å². The first kappa shape index (κ1) is 33.0. The zero-order valence-corrected chi connectivity index (χ0v) is 26.2. The Morgan fingerprint density at radius 2 is 1.53 bits per heavy atom. The van der Waals surface area contributed by atoms with Crippen molar-refractivity contribution in [1.82, 2.24) is 4.98 Å². The van der Waals surface area contributed by atoms with Gasteiger partial charge in [0.05, 0.1) is 12.7 Å². The average molecular weight is 596 g/mol. The van der Waals surface area contributed by atoms with Gasteiger partial charge in [-0.05, 0) is 110 Å². The molecule has 43 heavy (non-hydrogen) atoms. The number of hydrogen-bond donors (Lipinski definition) is 2. The van der Waals surface area contributed by atoms with Crippen LogP contribution in [0.5, 0.6) is 11.5 Å². The van der Waals surface area contributed by atoms with E-state index >= 15 is 0 Å². The Balaban J connectivity index is 2.02. The molecule has 3 aromatic rings. The Morgan fingerprint density at radius 3 is 2.07 bits per heavy atom. The van der Waals surface area contributed by atoms with Crippen molar-refractivity contribution in [1.29, 1.82) is 0 Å². The van der Waals surface area contributed by atoms with E-state index in [-0.39, 0.29) is 11.9 Å². The molecule has 1 heterocycles. The Bertz CT molecular complexity index is 1450. The third kappa shape index (κ3) is 8.97. The SMILES string of the molecule is CCOc1cc(C(Nc2ccc3c(N(C(=O)OC(C)(C)C)C(=O)OC(C)(C)C)nccc3c2)C(=O)O)ccc1OC(C)C. The van der Waals surface area contributed by atoms with Crippen LogP contribution in [0.25, 0.3) is 10.8 Å². The molecule has 0 saturated carbocycles. The van der Waals surface area contributed by atoms with E-state index in [1.165, 1.54) is 6.20 Å². The molecule has 0 saturated heterocycles. The summed E-state index contributed by atoms with van der Waals surface area (Å²) in [5.74, 6) is -0.115. The number of imide groups is 1. The van der Waals surface area contributed by atoms with E-state index in [0.29, 0.717) is 40.1 Å². The first-order valence-corrected chi connectivity index (χ1v) is 14.1. The number of benzene rings is 2. The predicted octanol–water partition coefficient (Wildman–Crippen LogP) is 7.34. The summed E-state index contributed by atoms with van der Waals surface area (Å²) >= 11 is 0. The highest BCUT2D eigenvalue weighted by atomic mass is 16.6. The second kappa shape index (κ2) is 13.2. The number of fused-ring (bicyclic) bond motifs is 1. The molecule has 0 radical (unpaired) electrons. The van der Waals surface area contributed by atoms with Crippen LogP contribution in [0.15, 0.2) is 48.7 Å². The molecule has 0 aliphatic rings.